The second kappa shape index (κ2) is 6.41. The van der Waals surface area contributed by atoms with Gasteiger partial charge in [0.2, 0.25) is 0 Å². The molecule has 110 valence electrons. The first-order chi connectivity index (χ1) is 9.88. The van der Waals surface area contributed by atoms with Crippen molar-refractivity contribution in [2.75, 3.05) is 5.32 Å². The molecule has 2 aromatic carbocycles. The fourth-order valence-electron chi connectivity index (χ4n) is 1.90. The number of anilines is 1. The van der Waals surface area contributed by atoms with Gasteiger partial charge < -0.3 is 5.32 Å². The lowest BCUT2D eigenvalue weighted by molar-refractivity contribution is -0.384. The van der Waals surface area contributed by atoms with Crippen molar-refractivity contribution in [1.82, 2.24) is 0 Å². The number of hydrogen-bond donors (Lipinski definition) is 1. The molecule has 0 heterocycles. The molecule has 0 aromatic heterocycles. The fraction of sp³-hybridized carbons (Fsp3) is 0.143. The van der Waals surface area contributed by atoms with Gasteiger partial charge in [0.05, 0.1) is 15.5 Å². The summed E-state index contributed by atoms with van der Waals surface area (Å²) in [5.74, 6) is -0.678. The first-order valence-corrected chi connectivity index (χ1v) is 7.21. The highest BCUT2D eigenvalue weighted by Gasteiger charge is 2.19. The summed E-state index contributed by atoms with van der Waals surface area (Å²) in [5.41, 5.74) is 0.794. The monoisotopic (exact) mass is 372 g/mol. The van der Waals surface area contributed by atoms with Crippen LogP contribution in [0.25, 0.3) is 0 Å². The van der Waals surface area contributed by atoms with Gasteiger partial charge in [0, 0.05) is 11.1 Å². The van der Waals surface area contributed by atoms with E-state index in [1.165, 1.54) is 6.07 Å². The summed E-state index contributed by atoms with van der Waals surface area (Å²) < 4.78 is 13.6. The molecule has 0 spiro atoms. The number of nitrogens with one attached hydrogen (secondary N) is 1. The van der Waals surface area contributed by atoms with E-state index in [0.717, 1.165) is 11.6 Å². The highest BCUT2D eigenvalue weighted by atomic mass is 79.9. The minimum Gasteiger partial charge on any atom is -0.373 e. The van der Waals surface area contributed by atoms with Crippen molar-refractivity contribution in [2.45, 2.75) is 13.0 Å². The molecule has 7 heteroatoms. The number of nitro benzene ring substituents is 1. The first kappa shape index (κ1) is 15.7. The van der Waals surface area contributed by atoms with Gasteiger partial charge in [0.15, 0.2) is 0 Å². The molecule has 4 nitrogen and oxygen atoms in total. The van der Waals surface area contributed by atoms with Crippen molar-refractivity contribution >= 4 is 38.9 Å². The molecule has 0 aliphatic carbocycles. The Labute approximate surface area is 134 Å². The molecule has 21 heavy (non-hydrogen) atoms. The Morgan fingerprint density at radius 2 is 2.10 bits per heavy atom. The van der Waals surface area contributed by atoms with Crippen molar-refractivity contribution < 1.29 is 9.31 Å². The molecule has 1 unspecified atom stereocenters. The van der Waals surface area contributed by atoms with Gasteiger partial charge >= 0.3 is 0 Å². The Morgan fingerprint density at radius 3 is 2.71 bits per heavy atom. The van der Waals surface area contributed by atoms with E-state index < -0.39 is 10.7 Å². The van der Waals surface area contributed by atoms with Crippen LogP contribution in [0.5, 0.6) is 0 Å². The van der Waals surface area contributed by atoms with Crippen LogP contribution in [-0.2, 0) is 0 Å². The lowest BCUT2D eigenvalue weighted by atomic mass is 10.1. The molecule has 0 saturated heterocycles. The number of rotatable bonds is 4. The fourth-order valence-corrected chi connectivity index (χ4v) is 2.44. The van der Waals surface area contributed by atoms with Crippen molar-refractivity contribution in [3.8, 4) is 0 Å². The lowest BCUT2D eigenvalue weighted by Crippen LogP contribution is -2.08. The van der Waals surface area contributed by atoms with Gasteiger partial charge in [0.25, 0.3) is 5.69 Å². The Hall–Kier alpha value is -1.66. The number of hydrogen-bond acceptors (Lipinski definition) is 3. The van der Waals surface area contributed by atoms with E-state index in [2.05, 4.69) is 21.2 Å². The molecule has 2 aromatic rings. The highest BCUT2D eigenvalue weighted by molar-refractivity contribution is 9.10. The van der Waals surface area contributed by atoms with Gasteiger partial charge in [-0.05, 0) is 46.6 Å². The Bertz CT molecular complexity index is 697. The van der Waals surface area contributed by atoms with Crippen molar-refractivity contribution in [1.29, 1.82) is 0 Å². The number of nitro groups is 1. The van der Waals surface area contributed by atoms with E-state index in [-0.39, 0.29) is 21.9 Å². The third-order valence-corrected chi connectivity index (χ3v) is 3.80. The minimum absolute atomic E-state index is 0.161. The van der Waals surface area contributed by atoms with E-state index >= 15 is 0 Å². The van der Waals surface area contributed by atoms with Gasteiger partial charge in [-0.3, -0.25) is 10.1 Å². The molecular formula is C14H11BrClFN2O2. The summed E-state index contributed by atoms with van der Waals surface area (Å²) >= 11 is 8.95. The molecule has 0 fully saturated rings. The van der Waals surface area contributed by atoms with Crippen LogP contribution in [0, 0.1) is 15.9 Å². The molecule has 0 radical (unpaired) electrons. The number of nitrogens with zero attached hydrogens (tertiary/aromatic N) is 1. The summed E-state index contributed by atoms with van der Waals surface area (Å²) in [6, 6.07) is 9.18. The zero-order chi connectivity index (χ0) is 15.6. The summed E-state index contributed by atoms with van der Waals surface area (Å²) in [6.45, 7) is 1.84. The average Bonchev–Trinajstić information content (AvgIpc) is 2.42. The zero-order valence-corrected chi connectivity index (χ0v) is 13.3. The molecule has 0 aliphatic rings. The van der Waals surface area contributed by atoms with Crippen LogP contribution in [0.1, 0.15) is 18.5 Å². The van der Waals surface area contributed by atoms with Crippen LogP contribution in [0.2, 0.25) is 5.02 Å². The number of halogens is 3. The molecule has 1 N–H and O–H groups in total. The van der Waals surface area contributed by atoms with Gasteiger partial charge in [-0.1, -0.05) is 23.7 Å². The summed E-state index contributed by atoms with van der Waals surface area (Å²) in [6.07, 6.45) is 0. The summed E-state index contributed by atoms with van der Waals surface area (Å²) in [5, 5.41) is 14.6. The van der Waals surface area contributed by atoms with E-state index in [4.69, 9.17) is 11.6 Å². The normalized spacial score (nSPS) is 12.0. The second-order valence-corrected chi connectivity index (χ2v) is 5.75. The number of benzene rings is 2. The zero-order valence-electron chi connectivity index (χ0n) is 10.9. The highest BCUT2D eigenvalue weighted by Crippen LogP contribution is 2.33. The van der Waals surface area contributed by atoms with Crippen molar-refractivity contribution in [3.63, 3.8) is 0 Å². The topological polar surface area (TPSA) is 55.2 Å². The Balaban J connectivity index is 2.34. The third kappa shape index (κ3) is 3.71. The molecule has 2 rings (SSSR count). The second-order valence-electron chi connectivity index (χ2n) is 4.46. The molecule has 0 bridgehead atoms. The average molecular weight is 374 g/mol. The van der Waals surface area contributed by atoms with Crippen LogP contribution < -0.4 is 5.32 Å². The summed E-state index contributed by atoms with van der Waals surface area (Å²) in [7, 11) is 0. The van der Waals surface area contributed by atoms with Gasteiger partial charge in [-0.25, -0.2) is 4.39 Å². The van der Waals surface area contributed by atoms with Crippen LogP contribution in [0.3, 0.4) is 0 Å². The van der Waals surface area contributed by atoms with Crippen molar-refractivity contribution in [3.05, 3.63) is 67.4 Å². The van der Waals surface area contributed by atoms with Gasteiger partial charge in [0.1, 0.15) is 11.5 Å². The lowest BCUT2D eigenvalue weighted by Gasteiger charge is -2.16. The maximum absolute atomic E-state index is 13.4. The van der Waals surface area contributed by atoms with Crippen LogP contribution in [0.15, 0.2) is 40.9 Å². The largest absolute Gasteiger partial charge is 0.373 e. The Morgan fingerprint density at radius 1 is 1.38 bits per heavy atom. The van der Waals surface area contributed by atoms with E-state index in [9.17, 15) is 14.5 Å². The van der Waals surface area contributed by atoms with Gasteiger partial charge in [-0.15, -0.1) is 0 Å². The van der Waals surface area contributed by atoms with Crippen LogP contribution in [-0.4, -0.2) is 4.92 Å². The maximum Gasteiger partial charge on any atom is 0.295 e. The Kier molecular flexibility index (Phi) is 4.80. The predicted molar refractivity (Wildman–Crippen MR) is 84.2 cm³/mol. The van der Waals surface area contributed by atoms with Crippen LogP contribution in [0.4, 0.5) is 15.8 Å². The van der Waals surface area contributed by atoms with E-state index in [1.54, 1.807) is 18.2 Å². The van der Waals surface area contributed by atoms with Gasteiger partial charge in [-0.2, -0.15) is 0 Å². The smallest absolute Gasteiger partial charge is 0.295 e. The third-order valence-electron chi connectivity index (χ3n) is 2.96. The maximum atomic E-state index is 13.4. The quantitative estimate of drug-likeness (QED) is 0.582. The summed E-state index contributed by atoms with van der Waals surface area (Å²) in [4.78, 5) is 10.4. The molecule has 0 saturated carbocycles. The van der Waals surface area contributed by atoms with Crippen LogP contribution >= 0.6 is 27.5 Å². The minimum atomic E-state index is -0.678. The standard InChI is InChI=1S/C14H11BrClFN2O2/c1-8(9-3-2-4-10(16)5-9)18-13-6-11(15)12(17)7-14(13)19(20)21/h2-8,18H,1H3. The first-order valence-electron chi connectivity index (χ1n) is 6.04. The van der Waals surface area contributed by atoms with E-state index in [0.29, 0.717) is 5.02 Å². The van der Waals surface area contributed by atoms with Crippen molar-refractivity contribution in [2.24, 2.45) is 0 Å². The molecular weight excluding hydrogens is 363 g/mol. The van der Waals surface area contributed by atoms with E-state index in [1.807, 2.05) is 13.0 Å². The molecule has 0 aliphatic heterocycles. The molecule has 0 amide bonds. The predicted octanol–water partition coefficient (Wildman–Crippen LogP) is 5.32. The SMILES string of the molecule is CC(Nc1cc(Br)c(F)cc1[N+](=O)[O-])c1cccc(Cl)c1. The molecule has 1 atom stereocenters.